The first-order chi connectivity index (χ1) is 9.79. The summed E-state index contributed by atoms with van der Waals surface area (Å²) in [5.41, 5.74) is 0.558. The SMILES string of the molecule is O=C(O)c1ccc(Br)c(S(=O)(=O)Cc2cccc(Br)c2)c1. The van der Waals surface area contributed by atoms with Gasteiger partial charge in [-0.3, -0.25) is 0 Å². The lowest BCUT2D eigenvalue weighted by atomic mass is 10.2. The van der Waals surface area contributed by atoms with Crippen molar-refractivity contribution in [2.75, 3.05) is 0 Å². The molecule has 0 amide bonds. The topological polar surface area (TPSA) is 71.4 Å². The number of sulfone groups is 1. The standard InChI is InChI=1S/C14H10Br2O4S/c15-11-3-1-2-9(6-11)8-21(19,20)13-7-10(14(17)18)4-5-12(13)16/h1-7H,8H2,(H,17,18). The van der Waals surface area contributed by atoms with Gasteiger partial charge in [-0.1, -0.05) is 28.1 Å². The van der Waals surface area contributed by atoms with Gasteiger partial charge < -0.3 is 5.11 Å². The van der Waals surface area contributed by atoms with Crippen LogP contribution in [0.5, 0.6) is 0 Å². The Balaban J connectivity index is 2.44. The van der Waals surface area contributed by atoms with E-state index in [4.69, 9.17) is 5.11 Å². The molecule has 7 heteroatoms. The molecule has 0 unspecified atom stereocenters. The summed E-state index contributed by atoms with van der Waals surface area (Å²) in [6.45, 7) is 0. The summed E-state index contributed by atoms with van der Waals surface area (Å²) in [5.74, 6) is -1.37. The Kier molecular flexibility index (Phi) is 4.85. The summed E-state index contributed by atoms with van der Waals surface area (Å²) >= 11 is 6.45. The molecule has 4 nitrogen and oxygen atoms in total. The minimum absolute atomic E-state index is 0.0256. The Morgan fingerprint density at radius 3 is 2.43 bits per heavy atom. The number of carbonyl (C=O) groups is 1. The zero-order valence-corrected chi connectivity index (χ0v) is 14.6. The molecule has 1 N–H and O–H groups in total. The fourth-order valence-electron chi connectivity index (χ4n) is 1.80. The number of benzene rings is 2. The molecule has 0 bridgehead atoms. The molecular weight excluding hydrogens is 424 g/mol. The maximum atomic E-state index is 12.5. The van der Waals surface area contributed by atoms with E-state index in [-0.39, 0.29) is 16.2 Å². The van der Waals surface area contributed by atoms with Gasteiger partial charge in [-0.15, -0.1) is 0 Å². The molecule has 0 spiro atoms. The fraction of sp³-hybridized carbons (Fsp3) is 0.0714. The van der Waals surface area contributed by atoms with Gasteiger partial charge in [0.25, 0.3) is 0 Å². The van der Waals surface area contributed by atoms with E-state index in [0.717, 1.165) is 4.47 Å². The van der Waals surface area contributed by atoms with Crippen molar-refractivity contribution in [3.05, 3.63) is 62.5 Å². The molecule has 2 aromatic rings. The first-order valence-electron chi connectivity index (χ1n) is 5.79. The predicted octanol–water partition coefficient (Wildman–Crippen LogP) is 3.88. The van der Waals surface area contributed by atoms with Crippen LogP contribution < -0.4 is 0 Å². The van der Waals surface area contributed by atoms with E-state index in [1.54, 1.807) is 24.3 Å². The zero-order chi connectivity index (χ0) is 15.6. The zero-order valence-electron chi connectivity index (χ0n) is 10.6. The summed E-state index contributed by atoms with van der Waals surface area (Å²) in [6.07, 6.45) is 0. The van der Waals surface area contributed by atoms with Gasteiger partial charge in [0, 0.05) is 8.95 Å². The summed E-state index contributed by atoms with van der Waals surface area (Å²) in [7, 11) is -3.65. The lowest BCUT2D eigenvalue weighted by molar-refractivity contribution is 0.0696. The quantitative estimate of drug-likeness (QED) is 0.793. The smallest absolute Gasteiger partial charge is 0.335 e. The molecule has 0 atom stereocenters. The lowest BCUT2D eigenvalue weighted by Gasteiger charge is -2.08. The molecule has 0 fully saturated rings. The molecule has 0 aromatic heterocycles. The first kappa shape index (κ1) is 16.2. The van der Waals surface area contributed by atoms with Crippen molar-refractivity contribution >= 4 is 47.7 Å². The van der Waals surface area contributed by atoms with E-state index < -0.39 is 15.8 Å². The number of hydrogen-bond donors (Lipinski definition) is 1. The first-order valence-corrected chi connectivity index (χ1v) is 9.03. The minimum Gasteiger partial charge on any atom is -0.478 e. The van der Waals surface area contributed by atoms with Crippen LogP contribution in [0.3, 0.4) is 0 Å². The van der Waals surface area contributed by atoms with E-state index in [0.29, 0.717) is 10.0 Å². The molecule has 110 valence electrons. The minimum atomic E-state index is -3.65. The second-order valence-electron chi connectivity index (χ2n) is 4.34. The van der Waals surface area contributed by atoms with Crippen molar-refractivity contribution < 1.29 is 18.3 Å². The van der Waals surface area contributed by atoms with Gasteiger partial charge in [-0.2, -0.15) is 0 Å². The number of halogens is 2. The van der Waals surface area contributed by atoms with E-state index in [1.807, 2.05) is 0 Å². The highest BCUT2D eigenvalue weighted by Gasteiger charge is 2.20. The van der Waals surface area contributed by atoms with Gasteiger partial charge >= 0.3 is 5.97 Å². The summed E-state index contributed by atoms with van der Waals surface area (Å²) in [5, 5.41) is 8.98. The van der Waals surface area contributed by atoms with Crippen LogP contribution in [-0.2, 0) is 15.6 Å². The molecule has 2 aromatic carbocycles. The number of aromatic carboxylic acids is 1. The number of hydrogen-bond acceptors (Lipinski definition) is 3. The lowest BCUT2D eigenvalue weighted by Crippen LogP contribution is -2.08. The number of carboxylic acids is 1. The van der Waals surface area contributed by atoms with E-state index in [1.165, 1.54) is 18.2 Å². The third-order valence-electron chi connectivity index (χ3n) is 2.76. The Labute approximate surface area is 139 Å². The van der Waals surface area contributed by atoms with Crippen LogP contribution in [-0.4, -0.2) is 19.5 Å². The third kappa shape index (κ3) is 3.93. The van der Waals surface area contributed by atoms with Crippen LogP contribution in [0.4, 0.5) is 0 Å². The van der Waals surface area contributed by atoms with Crippen LogP contribution in [0.1, 0.15) is 15.9 Å². The maximum absolute atomic E-state index is 12.5. The summed E-state index contributed by atoms with van der Waals surface area (Å²) < 4.78 is 26.1. The van der Waals surface area contributed by atoms with Crippen LogP contribution in [0.2, 0.25) is 0 Å². The maximum Gasteiger partial charge on any atom is 0.335 e. The highest BCUT2D eigenvalue weighted by atomic mass is 79.9. The average Bonchev–Trinajstić information content (AvgIpc) is 2.38. The normalized spacial score (nSPS) is 11.3. The van der Waals surface area contributed by atoms with Crippen LogP contribution in [0, 0.1) is 0 Å². The monoisotopic (exact) mass is 432 g/mol. The Bertz CT molecular complexity index is 800. The van der Waals surface area contributed by atoms with Gasteiger partial charge in [-0.25, -0.2) is 13.2 Å². The van der Waals surface area contributed by atoms with E-state index in [9.17, 15) is 13.2 Å². The van der Waals surface area contributed by atoms with Crippen molar-refractivity contribution in [2.24, 2.45) is 0 Å². The highest BCUT2D eigenvalue weighted by Crippen LogP contribution is 2.27. The molecule has 0 aliphatic rings. The van der Waals surface area contributed by atoms with Gasteiger partial charge in [0.05, 0.1) is 16.2 Å². The van der Waals surface area contributed by atoms with Gasteiger partial charge in [-0.05, 0) is 51.8 Å². The molecule has 0 radical (unpaired) electrons. The Morgan fingerprint density at radius 2 is 1.81 bits per heavy atom. The highest BCUT2D eigenvalue weighted by molar-refractivity contribution is 9.10. The summed E-state index contributed by atoms with van der Waals surface area (Å²) in [6, 6.07) is 10.9. The average molecular weight is 434 g/mol. The van der Waals surface area contributed by atoms with Crippen molar-refractivity contribution in [3.63, 3.8) is 0 Å². The molecule has 0 saturated carbocycles. The molecular formula is C14H10Br2O4S. The number of carboxylic acid groups (broad SMARTS) is 1. The van der Waals surface area contributed by atoms with Crippen molar-refractivity contribution in [1.29, 1.82) is 0 Å². The van der Waals surface area contributed by atoms with Crippen LogP contribution in [0.15, 0.2) is 56.3 Å². The van der Waals surface area contributed by atoms with Crippen molar-refractivity contribution in [1.82, 2.24) is 0 Å². The molecule has 2 rings (SSSR count). The van der Waals surface area contributed by atoms with Crippen LogP contribution >= 0.6 is 31.9 Å². The Morgan fingerprint density at radius 1 is 1.10 bits per heavy atom. The molecule has 21 heavy (non-hydrogen) atoms. The second kappa shape index (κ2) is 6.29. The third-order valence-corrected chi connectivity index (χ3v) is 5.93. The fourth-order valence-corrected chi connectivity index (χ4v) is 4.68. The molecule has 0 saturated heterocycles. The van der Waals surface area contributed by atoms with Crippen molar-refractivity contribution in [2.45, 2.75) is 10.6 Å². The largest absolute Gasteiger partial charge is 0.478 e. The number of rotatable bonds is 4. The predicted molar refractivity (Wildman–Crippen MR) is 86.1 cm³/mol. The van der Waals surface area contributed by atoms with Crippen molar-refractivity contribution in [3.8, 4) is 0 Å². The van der Waals surface area contributed by atoms with E-state index in [2.05, 4.69) is 31.9 Å². The van der Waals surface area contributed by atoms with Gasteiger partial charge in [0.15, 0.2) is 9.84 Å². The van der Waals surface area contributed by atoms with E-state index >= 15 is 0 Å². The second-order valence-corrected chi connectivity index (χ2v) is 8.07. The Hall–Kier alpha value is -1.18. The van der Waals surface area contributed by atoms with Gasteiger partial charge in [0.1, 0.15) is 0 Å². The molecule has 0 aliphatic carbocycles. The van der Waals surface area contributed by atoms with Crippen LogP contribution in [0.25, 0.3) is 0 Å². The molecule has 0 heterocycles. The van der Waals surface area contributed by atoms with Gasteiger partial charge in [0.2, 0.25) is 0 Å². The summed E-state index contributed by atoms with van der Waals surface area (Å²) in [4.78, 5) is 11.0. The molecule has 0 aliphatic heterocycles.